The molecule has 1 amide bonds. The van der Waals surface area contributed by atoms with Gasteiger partial charge in [-0.25, -0.2) is 4.79 Å². The quantitative estimate of drug-likeness (QED) is 0.856. The Morgan fingerprint density at radius 1 is 1.04 bits per heavy atom. The molecule has 3 nitrogen and oxygen atoms in total. The third-order valence-electron chi connectivity index (χ3n) is 3.17. The second-order valence-corrected chi connectivity index (χ2v) is 6.27. The highest BCUT2D eigenvalue weighted by Gasteiger charge is 2.15. The van der Waals surface area contributed by atoms with Crippen LogP contribution in [0.1, 0.15) is 31.9 Å². The summed E-state index contributed by atoms with van der Waals surface area (Å²) in [6, 6.07) is 15.9. The van der Waals surface area contributed by atoms with Gasteiger partial charge in [0.25, 0.3) is 0 Å². The number of hydrogen-bond donors (Lipinski definition) is 1. The summed E-state index contributed by atoms with van der Waals surface area (Å²) < 4.78 is 5.21. The summed E-state index contributed by atoms with van der Waals surface area (Å²) in [5.74, 6) is 2.61. The number of rotatable bonds is 3. The average Bonchev–Trinajstić information content (AvgIpc) is 2.52. The maximum absolute atomic E-state index is 11.6. The lowest BCUT2D eigenvalue weighted by Gasteiger charge is -2.19. The molecule has 0 heterocycles. The van der Waals surface area contributed by atoms with Crippen molar-refractivity contribution in [3.63, 3.8) is 0 Å². The summed E-state index contributed by atoms with van der Waals surface area (Å²) in [5, 5.41) is 2.75. The molecular formula is C20H21NO2. The van der Waals surface area contributed by atoms with E-state index in [1.54, 1.807) is 0 Å². The van der Waals surface area contributed by atoms with Gasteiger partial charge in [0.1, 0.15) is 5.60 Å². The van der Waals surface area contributed by atoms with E-state index in [9.17, 15) is 4.79 Å². The molecule has 0 spiro atoms. The van der Waals surface area contributed by atoms with Crippen LogP contribution in [0, 0.1) is 12.3 Å². The Labute approximate surface area is 137 Å². The van der Waals surface area contributed by atoms with E-state index in [2.05, 4.69) is 11.2 Å². The Morgan fingerprint density at radius 2 is 1.57 bits per heavy atom. The molecule has 23 heavy (non-hydrogen) atoms. The monoisotopic (exact) mass is 307 g/mol. The van der Waals surface area contributed by atoms with Gasteiger partial charge in [0, 0.05) is 12.1 Å². The van der Waals surface area contributed by atoms with Crippen molar-refractivity contribution in [1.29, 1.82) is 0 Å². The van der Waals surface area contributed by atoms with E-state index in [-0.39, 0.29) is 0 Å². The number of ether oxygens (including phenoxy) is 1. The zero-order valence-corrected chi connectivity index (χ0v) is 13.7. The molecule has 2 rings (SSSR count). The molecule has 2 aromatic rings. The zero-order valence-electron chi connectivity index (χ0n) is 13.7. The van der Waals surface area contributed by atoms with Crippen LogP contribution in [0.3, 0.4) is 0 Å². The zero-order chi connectivity index (χ0) is 16.9. The first-order chi connectivity index (χ1) is 10.9. The number of nitrogens with one attached hydrogen (secondary N) is 1. The van der Waals surface area contributed by atoms with Crippen LogP contribution in [0.15, 0.2) is 48.5 Å². The van der Waals surface area contributed by atoms with Crippen molar-refractivity contribution >= 4 is 6.09 Å². The standard InChI is InChI=1S/C20H21NO2/c1-5-15-6-10-17(11-7-15)18-12-8-16(9-13-18)14-21-19(22)23-20(2,3)4/h1,6-13H,14H2,2-4H3,(H,21,22). The predicted molar refractivity (Wildman–Crippen MR) is 92.9 cm³/mol. The molecule has 0 aliphatic carbocycles. The fourth-order valence-electron chi connectivity index (χ4n) is 2.06. The second-order valence-electron chi connectivity index (χ2n) is 6.27. The number of hydrogen-bond acceptors (Lipinski definition) is 2. The Morgan fingerprint density at radius 3 is 2.04 bits per heavy atom. The van der Waals surface area contributed by atoms with Crippen LogP contribution >= 0.6 is 0 Å². The molecule has 0 saturated carbocycles. The van der Waals surface area contributed by atoms with E-state index in [1.165, 1.54) is 0 Å². The van der Waals surface area contributed by atoms with Crippen molar-refractivity contribution in [3.05, 3.63) is 59.7 Å². The smallest absolute Gasteiger partial charge is 0.407 e. The first-order valence-electron chi connectivity index (χ1n) is 7.50. The van der Waals surface area contributed by atoms with Crippen LogP contribution in [0.2, 0.25) is 0 Å². The first-order valence-corrected chi connectivity index (χ1v) is 7.50. The van der Waals surface area contributed by atoms with E-state index < -0.39 is 11.7 Å². The van der Waals surface area contributed by atoms with Crippen molar-refractivity contribution in [1.82, 2.24) is 5.32 Å². The van der Waals surface area contributed by atoms with E-state index in [1.807, 2.05) is 69.3 Å². The van der Waals surface area contributed by atoms with Crippen LogP contribution in [-0.4, -0.2) is 11.7 Å². The molecule has 0 unspecified atom stereocenters. The van der Waals surface area contributed by atoms with Crippen LogP contribution in [0.5, 0.6) is 0 Å². The lowest BCUT2D eigenvalue weighted by molar-refractivity contribution is 0.0523. The highest BCUT2D eigenvalue weighted by molar-refractivity contribution is 5.68. The molecule has 0 bridgehead atoms. The molecule has 0 atom stereocenters. The van der Waals surface area contributed by atoms with E-state index in [0.29, 0.717) is 6.54 Å². The third kappa shape index (κ3) is 5.19. The summed E-state index contributed by atoms with van der Waals surface area (Å²) in [4.78, 5) is 11.6. The van der Waals surface area contributed by atoms with Crippen molar-refractivity contribution in [2.75, 3.05) is 0 Å². The minimum Gasteiger partial charge on any atom is -0.444 e. The van der Waals surface area contributed by atoms with Crippen LogP contribution in [0.4, 0.5) is 4.79 Å². The lowest BCUT2D eigenvalue weighted by atomic mass is 10.0. The lowest BCUT2D eigenvalue weighted by Crippen LogP contribution is -2.32. The van der Waals surface area contributed by atoms with Gasteiger partial charge in [0.05, 0.1) is 0 Å². The topological polar surface area (TPSA) is 38.3 Å². The maximum atomic E-state index is 11.6. The van der Waals surface area contributed by atoms with Gasteiger partial charge in [0.2, 0.25) is 0 Å². The highest BCUT2D eigenvalue weighted by Crippen LogP contribution is 2.20. The number of alkyl carbamates (subject to hydrolysis) is 1. The minimum atomic E-state index is -0.488. The van der Waals surface area contributed by atoms with Gasteiger partial charge < -0.3 is 10.1 Å². The number of carbonyl (C=O) groups excluding carboxylic acids is 1. The van der Waals surface area contributed by atoms with Gasteiger partial charge in [0.15, 0.2) is 0 Å². The molecule has 0 radical (unpaired) electrons. The maximum Gasteiger partial charge on any atom is 0.407 e. The molecule has 0 aliphatic heterocycles. The fourth-order valence-corrected chi connectivity index (χ4v) is 2.06. The van der Waals surface area contributed by atoms with Crippen molar-refractivity contribution < 1.29 is 9.53 Å². The SMILES string of the molecule is C#Cc1ccc(-c2ccc(CNC(=O)OC(C)(C)C)cc2)cc1. The van der Waals surface area contributed by atoms with Gasteiger partial charge in [-0.3, -0.25) is 0 Å². The molecule has 118 valence electrons. The van der Waals surface area contributed by atoms with Gasteiger partial charge in [-0.1, -0.05) is 42.3 Å². The summed E-state index contributed by atoms with van der Waals surface area (Å²) >= 11 is 0. The molecule has 1 N–H and O–H groups in total. The van der Waals surface area contributed by atoms with Gasteiger partial charge in [-0.2, -0.15) is 0 Å². The third-order valence-corrected chi connectivity index (χ3v) is 3.17. The average molecular weight is 307 g/mol. The van der Waals surface area contributed by atoms with Gasteiger partial charge >= 0.3 is 6.09 Å². The summed E-state index contributed by atoms with van der Waals surface area (Å²) in [5.41, 5.74) is 3.61. The normalized spacial score (nSPS) is 10.7. The summed E-state index contributed by atoms with van der Waals surface area (Å²) in [7, 11) is 0. The molecule has 0 saturated heterocycles. The van der Waals surface area contributed by atoms with Crippen molar-refractivity contribution in [2.45, 2.75) is 32.9 Å². The second kappa shape index (κ2) is 7.02. The number of carbonyl (C=O) groups is 1. The largest absolute Gasteiger partial charge is 0.444 e. The van der Waals surface area contributed by atoms with Gasteiger partial charge in [-0.05, 0) is 49.6 Å². The summed E-state index contributed by atoms with van der Waals surface area (Å²) in [6.07, 6.45) is 4.95. The number of amides is 1. The van der Waals surface area contributed by atoms with Crippen LogP contribution in [0.25, 0.3) is 11.1 Å². The molecule has 0 aromatic heterocycles. The van der Waals surface area contributed by atoms with E-state index >= 15 is 0 Å². The minimum absolute atomic E-state index is 0.411. The van der Waals surface area contributed by atoms with Gasteiger partial charge in [-0.15, -0.1) is 6.42 Å². The van der Waals surface area contributed by atoms with Crippen molar-refractivity contribution in [3.8, 4) is 23.5 Å². The molecule has 0 aliphatic rings. The Balaban J connectivity index is 1.97. The molecule has 0 fully saturated rings. The number of terminal acetylenes is 1. The highest BCUT2D eigenvalue weighted by atomic mass is 16.6. The summed E-state index contributed by atoms with van der Waals surface area (Å²) in [6.45, 7) is 5.96. The van der Waals surface area contributed by atoms with E-state index in [0.717, 1.165) is 22.3 Å². The molecule has 2 aromatic carbocycles. The predicted octanol–water partition coefficient (Wildman–Crippen LogP) is 4.36. The molecular weight excluding hydrogens is 286 g/mol. The van der Waals surface area contributed by atoms with Crippen LogP contribution in [-0.2, 0) is 11.3 Å². The Hall–Kier alpha value is -2.73. The van der Waals surface area contributed by atoms with E-state index in [4.69, 9.17) is 11.2 Å². The Bertz CT molecular complexity index is 701. The van der Waals surface area contributed by atoms with Crippen LogP contribution < -0.4 is 5.32 Å². The number of benzene rings is 2. The fraction of sp³-hybridized carbons (Fsp3) is 0.250. The first kappa shape index (κ1) is 16.6. The van der Waals surface area contributed by atoms with Crippen molar-refractivity contribution in [2.24, 2.45) is 0 Å². The molecule has 3 heteroatoms. The Kier molecular flexibility index (Phi) is 5.08.